The molecule has 0 bridgehead atoms. The van der Waals surface area contributed by atoms with Crippen LogP contribution in [-0.2, 0) is 9.47 Å². The number of oxime groups is 1. The SMILES string of the molecule is CC(C)(C)OC(=O)NC1CCN(C(=O)OC(C)(C)C)C/C1=N\O. The van der Waals surface area contributed by atoms with Gasteiger partial charge >= 0.3 is 12.2 Å². The highest BCUT2D eigenvalue weighted by molar-refractivity contribution is 5.95. The van der Waals surface area contributed by atoms with Gasteiger partial charge in [-0.25, -0.2) is 9.59 Å². The second-order valence-electron chi connectivity index (χ2n) is 7.48. The summed E-state index contributed by atoms with van der Waals surface area (Å²) in [6, 6.07) is -0.478. The Bertz CT molecular complexity index is 476. The van der Waals surface area contributed by atoms with E-state index >= 15 is 0 Å². The first-order chi connectivity index (χ1) is 10.4. The van der Waals surface area contributed by atoms with E-state index in [0.717, 1.165) is 0 Å². The standard InChI is InChI=1S/C15H27N3O5/c1-14(2,3)22-12(19)16-10-7-8-18(9-11(10)17-21)13(20)23-15(4,5)6/h10,21H,7-9H2,1-6H3,(H,16,19)/b17-11+. The molecule has 1 aliphatic rings. The lowest BCUT2D eigenvalue weighted by molar-refractivity contribution is 0.0256. The van der Waals surface area contributed by atoms with Gasteiger partial charge in [-0.3, -0.25) is 0 Å². The monoisotopic (exact) mass is 329 g/mol. The summed E-state index contributed by atoms with van der Waals surface area (Å²) in [5, 5.41) is 15.0. The highest BCUT2D eigenvalue weighted by Crippen LogP contribution is 2.15. The van der Waals surface area contributed by atoms with E-state index in [4.69, 9.17) is 14.7 Å². The summed E-state index contributed by atoms with van der Waals surface area (Å²) in [5.41, 5.74) is -0.926. The van der Waals surface area contributed by atoms with Crippen LogP contribution in [0.2, 0.25) is 0 Å². The summed E-state index contributed by atoms with van der Waals surface area (Å²) in [4.78, 5) is 25.3. The molecule has 1 unspecified atom stereocenters. The number of alkyl carbamates (subject to hydrolysis) is 1. The molecule has 1 rings (SSSR count). The number of likely N-dealkylation sites (tertiary alicyclic amines) is 1. The van der Waals surface area contributed by atoms with Gasteiger partial charge in [-0.1, -0.05) is 5.16 Å². The topological polar surface area (TPSA) is 100 Å². The molecule has 0 radical (unpaired) electrons. The highest BCUT2D eigenvalue weighted by Gasteiger charge is 2.32. The summed E-state index contributed by atoms with van der Waals surface area (Å²) in [6.07, 6.45) is -0.651. The lowest BCUT2D eigenvalue weighted by atomic mass is 10.0. The highest BCUT2D eigenvalue weighted by atomic mass is 16.6. The number of nitrogens with zero attached hydrogens (tertiary/aromatic N) is 2. The molecule has 0 aromatic rings. The average molecular weight is 329 g/mol. The Labute approximate surface area is 136 Å². The third-order valence-electron chi connectivity index (χ3n) is 2.91. The van der Waals surface area contributed by atoms with E-state index in [1.54, 1.807) is 41.5 Å². The Hall–Kier alpha value is -1.99. The van der Waals surface area contributed by atoms with E-state index in [1.807, 2.05) is 0 Å². The lowest BCUT2D eigenvalue weighted by Gasteiger charge is -2.34. The van der Waals surface area contributed by atoms with Crippen LogP contribution in [-0.4, -0.2) is 58.3 Å². The fourth-order valence-electron chi connectivity index (χ4n) is 2.03. The van der Waals surface area contributed by atoms with Crippen LogP contribution in [0.3, 0.4) is 0 Å². The zero-order valence-electron chi connectivity index (χ0n) is 14.7. The molecule has 132 valence electrons. The first-order valence-electron chi connectivity index (χ1n) is 7.59. The van der Waals surface area contributed by atoms with Gasteiger partial charge in [0.15, 0.2) is 0 Å². The molecular weight excluding hydrogens is 302 g/mol. The summed E-state index contributed by atoms with van der Waals surface area (Å²) in [6.45, 7) is 11.1. The number of carbonyl (C=O) groups is 2. The number of rotatable bonds is 1. The van der Waals surface area contributed by atoms with Crippen LogP contribution in [0.25, 0.3) is 0 Å². The second-order valence-corrected chi connectivity index (χ2v) is 7.48. The maximum atomic E-state index is 12.0. The van der Waals surface area contributed by atoms with Crippen molar-refractivity contribution in [2.75, 3.05) is 13.1 Å². The number of hydrogen-bond donors (Lipinski definition) is 2. The second kappa shape index (κ2) is 7.06. The van der Waals surface area contributed by atoms with Gasteiger partial charge in [0.25, 0.3) is 0 Å². The molecule has 2 N–H and O–H groups in total. The first kappa shape index (κ1) is 19.1. The average Bonchev–Trinajstić information content (AvgIpc) is 2.34. The smallest absolute Gasteiger partial charge is 0.410 e. The molecule has 1 heterocycles. The van der Waals surface area contributed by atoms with Crippen molar-refractivity contribution < 1.29 is 24.3 Å². The van der Waals surface area contributed by atoms with E-state index in [1.165, 1.54) is 4.90 Å². The minimum absolute atomic E-state index is 0.0892. The van der Waals surface area contributed by atoms with Gasteiger partial charge in [0.05, 0.1) is 18.3 Å². The van der Waals surface area contributed by atoms with E-state index in [0.29, 0.717) is 13.0 Å². The maximum absolute atomic E-state index is 12.0. The van der Waals surface area contributed by atoms with Gasteiger partial charge in [-0.2, -0.15) is 0 Å². The molecule has 1 atom stereocenters. The molecular formula is C15H27N3O5. The van der Waals surface area contributed by atoms with Crippen molar-refractivity contribution in [3.05, 3.63) is 0 Å². The Morgan fingerprint density at radius 2 is 1.74 bits per heavy atom. The minimum Gasteiger partial charge on any atom is -0.444 e. The van der Waals surface area contributed by atoms with Gasteiger partial charge in [-0.15, -0.1) is 0 Å². The van der Waals surface area contributed by atoms with Gasteiger partial charge in [0.1, 0.15) is 11.2 Å². The number of piperidine rings is 1. The zero-order chi connectivity index (χ0) is 17.8. The van der Waals surface area contributed by atoms with E-state index in [2.05, 4.69) is 10.5 Å². The number of nitrogens with one attached hydrogen (secondary N) is 1. The first-order valence-corrected chi connectivity index (χ1v) is 7.59. The molecule has 0 spiro atoms. The van der Waals surface area contributed by atoms with E-state index in [9.17, 15) is 9.59 Å². The summed E-state index contributed by atoms with van der Waals surface area (Å²) >= 11 is 0. The Balaban J connectivity index is 2.63. The molecule has 0 aromatic carbocycles. The molecule has 8 heteroatoms. The Kier molecular flexibility index (Phi) is 5.85. The molecule has 0 aliphatic carbocycles. The quantitative estimate of drug-likeness (QED) is 0.568. The Morgan fingerprint density at radius 3 is 2.22 bits per heavy atom. The fraction of sp³-hybridized carbons (Fsp3) is 0.800. The molecule has 8 nitrogen and oxygen atoms in total. The number of hydrogen-bond acceptors (Lipinski definition) is 6. The fourth-order valence-corrected chi connectivity index (χ4v) is 2.03. The number of ether oxygens (including phenoxy) is 2. The van der Waals surface area contributed by atoms with Gasteiger partial charge < -0.3 is 24.9 Å². The number of amides is 2. The van der Waals surface area contributed by atoms with Crippen LogP contribution < -0.4 is 5.32 Å². The van der Waals surface area contributed by atoms with Gasteiger partial charge in [0.2, 0.25) is 0 Å². The molecule has 23 heavy (non-hydrogen) atoms. The van der Waals surface area contributed by atoms with Crippen molar-refractivity contribution in [2.24, 2.45) is 5.16 Å². The molecule has 0 aromatic heterocycles. The Morgan fingerprint density at radius 1 is 1.17 bits per heavy atom. The zero-order valence-corrected chi connectivity index (χ0v) is 14.7. The molecule has 0 saturated carbocycles. The van der Waals surface area contributed by atoms with Crippen molar-refractivity contribution in [1.29, 1.82) is 0 Å². The van der Waals surface area contributed by atoms with Crippen LogP contribution in [0.4, 0.5) is 9.59 Å². The predicted molar refractivity (Wildman–Crippen MR) is 84.8 cm³/mol. The third kappa shape index (κ3) is 6.75. The van der Waals surface area contributed by atoms with Crippen LogP contribution in [0.15, 0.2) is 5.16 Å². The van der Waals surface area contributed by atoms with Crippen LogP contribution in [0.5, 0.6) is 0 Å². The molecule has 1 saturated heterocycles. The van der Waals surface area contributed by atoms with Crippen molar-refractivity contribution >= 4 is 17.9 Å². The normalized spacial score (nSPS) is 21.0. The van der Waals surface area contributed by atoms with Crippen LogP contribution in [0, 0.1) is 0 Å². The van der Waals surface area contributed by atoms with E-state index in [-0.39, 0.29) is 12.3 Å². The largest absolute Gasteiger partial charge is 0.444 e. The third-order valence-corrected chi connectivity index (χ3v) is 2.91. The summed E-state index contributed by atoms with van der Waals surface area (Å²) in [5.74, 6) is 0. The van der Waals surface area contributed by atoms with Crippen LogP contribution >= 0.6 is 0 Å². The van der Waals surface area contributed by atoms with Crippen LogP contribution in [0.1, 0.15) is 48.0 Å². The molecule has 2 amide bonds. The van der Waals surface area contributed by atoms with Crippen molar-refractivity contribution in [3.63, 3.8) is 0 Å². The predicted octanol–water partition coefficient (Wildman–Crippen LogP) is 2.35. The number of carbonyl (C=O) groups excluding carboxylic acids is 2. The van der Waals surface area contributed by atoms with Gasteiger partial charge in [-0.05, 0) is 48.0 Å². The molecule has 1 fully saturated rings. The lowest BCUT2D eigenvalue weighted by Crippen LogP contribution is -2.54. The molecule has 1 aliphatic heterocycles. The summed E-state index contributed by atoms with van der Waals surface area (Å²) in [7, 11) is 0. The minimum atomic E-state index is -0.613. The van der Waals surface area contributed by atoms with Crippen molar-refractivity contribution in [2.45, 2.75) is 65.2 Å². The van der Waals surface area contributed by atoms with E-state index < -0.39 is 29.4 Å². The summed E-state index contributed by atoms with van der Waals surface area (Å²) < 4.78 is 10.5. The van der Waals surface area contributed by atoms with Crippen molar-refractivity contribution in [3.8, 4) is 0 Å². The maximum Gasteiger partial charge on any atom is 0.410 e. The van der Waals surface area contributed by atoms with Gasteiger partial charge in [0, 0.05) is 6.54 Å². The van der Waals surface area contributed by atoms with Crippen molar-refractivity contribution in [1.82, 2.24) is 10.2 Å².